The third-order valence-corrected chi connectivity index (χ3v) is 7.43. The monoisotopic (exact) mass is 465 g/mol. The minimum Gasteiger partial charge on any atom is -0.497 e. The fourth-order valence-electron chi connectivity index (χ4n) is 4.67. The van der Waals surface area contributed by atoms with Crippen molar-refractivity contribution in [3.8, 4) is 27.7 Å². The zero-order valence-corrected chi connectivity index (χ0v) is 21.0. The van der Waals surface area contributed by atoms with Crippen molar-refractivity contribution in [1.29, 1.82) is 0 Å². The molecular formula is C27H35N3O2S. The van der Waals surface area contributed by atoms with Gasteiger partial charge in [0.05, 0.1) is 24.1 Å². The summed E-state index contributed by atoms with van der Waals surface area (Å²) in [6.45, 7) is 8.09. The van der Waals surface area contributed by atoms with Crippen LogP contribution in [0.2, 0.25) is 0 Å². The van der Waals surface area contributed by atoms with E-state index in [1.54, 1.807) is 18.4 Å². The first-order valence-electron chi connectivity index (χ1n) is 12.0. The van der Waals surface area contributed by atoms with Gasteiger partial charge in [0.15, 0.2) is 0 Å². The van der Waals surface area contributed by atoms with E-state index < -0.39 is 0 Å². The van der Waals surface area contributed by atoms with E-state index in [-0.39, 0.29) is 5.91 Å². The molecule has 5 nitrogen and oxygen atoms in total. The highest BCUT2D eigenvalue weighted by molar-refractivity contribution is 7.13. The second kappa shape index (κ2) is 10.6. The summed E-state index contributed by atoms with van der Waals surface area (Å²) in [5.41, 5.74) is 4.77. The number of ether oxygens (including phenoxy) is 1. The van der Waals surface area contributed by atoms with Gasteiger partial charge in [0.2, 0.25) is 0 Å². The van der Waals surface area contributed by atoms with E-state index in [1.165, 1.54) is 32.1 Å². The fraction of sp³-hybridized carbons (Fsp3) is 0.481. The highest BCUT2D eigenvalue weighted by atomic mass is 32.1. The van der Waals surface area contributed by atoms with Crippen LogP contribution in [-0.4, -0.2) is 29.1 Å². The molecule has 1 amide bonds. The lowest BCUT2D eigenvalue weighted by Crippen LogP contribution is -2.30. The van der Waals surface area contributed by atoms with Crippen molar-refractivity contribution in [2.75, 3.05) is 13.7 Å². The molecule has 3 aromatic rings. The Labute approximate surface area is 201 Å². The molecule has 0 atom stereocenters. The van der Waals surface area contributed by atoms with Crippen LogP contribution in [0.5, 0.6) is 5.75 Å². The standard InChI is InChI=1S/C27H35N3O2S/c1-18(2)16-30-19(3)23(26(31)28-15-20-8-6-5-7-9-20)14-25(30)24-17-33-27(29-24)21-10-12-22(32-4)13-11-21/h10-14,17-18,20H,5-9,15-16H2,1-4H3,(H,28,31). The average molecular weight is 466 g/mol. The number of nitrogens with zero attached hydrogens (tertiary/aromatic N) is 2. The number of carbonyl (C=O) groups is 1. The van der Waals surface area contributed by atoms with E-state index in [1.807, 2.05) is 30.3 Å². The first kappa shape index (κ1) is 23.6. The zero-order chi connectivity index (χ0) is 23.4. The summed E-state index contributed by atoms with van der Waals surface area (Å²) >= 11 is 1.63. The molecule has 0 saturated heterocycles. The lowest BCUT2D eigenvalue weighted by Gasteiger charge is -2.21. The van der Waals surface area contributed by atoms with Crippen LogP contribution in [0.1, 0.15) is 62.0 Å². The van der Waals surface area contributed by atoms with Crippen molar-refractivity contribution in [3.63, 3.8) is 0 Å². The van der Waals surface area contributed by atoms with Gasteiger partial charge in [0.25, 0.3) is 5.91 Å². The first-order chi connectivity index (χ1) is 16.0. The van der Waals surface area contributed by atoms with E-state index in [9.17, 15) is 4.79 Å². The second-order valence-electron chi connectivity index (χ2n) is 9.51. The summed E-state index contributed by atoms with van der Waals surface area (Å²) in [6.07, 6.45) is 6.36. The quantitative estimate of drug-likeness (QED) is 0.410. The maximum atomic E-state index is 13.1. The number of rotatable bonds is 8. The summed E-state index contributed by atoms with van der Waals surface area (Å²) < 4.78 is 7.53. The molecule has 1 saturated carbocycles. The molecule has 2 aromatic heterocycles. The minimum absolute atomic E-state index is 0.0347. The molecule has 1 aliphatic rings. The maximum Gasteiger partial charge on any atom is 0.253 e. The molecule has 0 unspecified atom stereocenters. The third-order valence-electron chi connectivity index (χ3n) is 6.54. The minimum atomic E-state index is 0.0347. The number of amides is 1. The van der Waals surface area contributed by atoms with Crippen LogP contribution in [0.3, 0.4) is 0 Å². The Morgan fingerprint density at radius 2 is 1.94 bits per heavy atom. The zero-order valence-electron chi connectivity index (χ0n) is 20.2. The third kappa shape index (κ3) is 5.49. The van der Waals surface area contributed by atoms with E-state index in [0.29, 0.717) is 11.8 Å². The van der Waals surface area contributed by atoms with Crippen LogP contribution >= 0.6 is 11.3 Å². The van der Waals surface area contributed by atoms with Gasteiger partial charge >= 0.3 is 0 Å². The van der Waals surface area contributed by atoms with Gasteiger partial charge in [-0.1, -0.05) is 33.1 Å². The molecule has 2 heterocycles. The van der Waals surface area contributed by atoms with Gasteiger partial charge in [-0.3, -0.25) is 4.79 Å². The molecule has 176 valence electrons. The van der Waals surface area contributed by atoms with Crippen molar-refractivity contribution in [3.05, 3.63) is 47.0 Å². The molecule has 6 heteroatoms. The predicted octanol–water partition coefficient (Wildman–Crippen LogP) is 6.56. The molecule has 0 bridgehead atoms. The summed E-state index contributed by atoms with van der Waals surface area (Å²) in [4.78, 5) is 18.1. The average Bonchev–Trinajstić information content (AvgIpc) is 3.43. The smallest absolute Gasteiger partial charge is 0.253 e. The van der Waals surface area contributed by atoms with Crippen molar-refractivity contribution in [2.45, 2.75) is 59.4 Å². The fourth-order valence-corrected chi connectivity index (χ4v) is 5.49. The number of hydrogen-bond donors (Lipinski definition) is 1. The number of hydrogen-bond acceptors (Lipinski definition) is 4. The molecule has 0 spiro atoms. The van der Waals surface area contributed by atoms with Crippen LogP contribution in [-0.2, 0) is 6.54 Å². The highest BCUT2D eigenvalue weighted by Crippen LogP contribution is 2.33. The molecule has 1 aliphatic carbocycles. The normalized spacial score (nSPS) is 14.6. The van der Waals surface area contributed by atoms with Crippen LogP contribution in [0, 0.1) is 18.8 Å². The lowest BCUT2D eigenvalue weighted by atomic mass is 9.89. The van der Waals surface area contributed by atoms with Gasteiger partial charge in [0, 0.05) is 29.7 Å². The largest absolute Gasteiger partial charge is 0.497 e. The summed E-state index contributed by atoms with van der Waals surface area (Å²) in [5, 5.41) is 6.27. The van der Waals surface area contributed by atoms with E-state index in [0.717, 1.165) is 52.1 Å². The molecule has 0 aliphatic heterocycles. The van der Waals surface area contributed by atoms with Gasteiger partial charge < -0.3 is 14.6 Å². The Morgan fingerprint density at radius 1 is 1.21 bits per heavy atom. The van der Waals surface area contributed by atoms with Crippen molar-refractivity contribution < 1.29 is 9.53 Å². The summed E-state index contributed by atoms with van der Waals surface area (Å²) in [6, 6.07) is 10.0. The first-order valence-corrected chi connectivity index (χ1v) is 12.9. The number of benzene rings is 1. The number of aromatic nitrogens is 2. The summed E-state index contributed by atoms with van der Waals surface area (Å²) in [7, 11) is 1.67. The van der Waals surface area contributed by atoms with E-state index in [2.05, 4.69) is 36.0 Å². The van der Waals surface area contributed by atoms with Gasteiger partial charge in [-0.25, -0.2) is 4.98 Å². The number of methoxy groups -OCH3 is 1. The lowest BCUT2D eigenvalue weighted by molar-refractivity contribution is 0.0943. The van der Waals surface area contributed by atoms with Crippen molar-refractivity contribution in [2.24, 2.45) is 11.8 Å². The van der Waals surface area contributed by atoms with Crippen LogP contribution < -0.4 is 10.1 Å². The van der Waals surface area contributed by atoms with Gasteiger partial charge in [-0.05, 0) is 61.9 Å². The molecular weight excluding hydrogens is 430 g/mol. The number of carbonyl (C=O) groups excluding carboxylic acids is 1. The van der Waals surface area contributed by atoms with Crippen molar-refractivity contribution in [1.82, 2.24) is 14.9 Å². The Hall–Kier alpha value is -2.60. The maximum absolute atomic E-state index is 13.1. The molecule has 4 rings (SSSR count). The van der Waals surface area contributed by atoms with Crippen molar-refractivity contribution >= 4 is 17.2 Å². The summed E-state index contributed by atoms with van der Waals surface area (Å²) in [5.74, 6) is 1.95. The molecule has 1 N–H and O–H groups in total. The Kier molecular flexibility index (Phi) is 7.53. The molecule has 1 fully saturated rings. The Morgan fingerprint density at radius 3 is 2.61 bits per heavy atom. The molecule has 0 radical (unpaired) electrons. The Balaban J connectivity index is 1.59. The topological polar surface area (TPSA) is 56.1 Å². The molecule has 1 aromatic carbocycles. The van der Waals surface area contributed by atoms with Crippen LogP contribution in [0.4, 0.5) is 0 Å². The van der Waals surface area contributed by atoms with Crippen LogP contribution in [0.25, 0.3) is 22.0 Å². The number of nitrogens with one attached hydrogen (secondary N) is 1. The highest BCUT2D eigenvalue weighted by Gasteiger charge is 2.22. The van der Waals surface area contributed by atoms with Crippen LogP contribution in [0.15, 0.2) is 35.7 Å². The van der Waals surface area contributed by atoms with E-state index in [4.69, 9.17) is 9.72 Å². The number of thiazole rings is 1. The SMILES string of the molecule is COc1ccc(-c2nc(-c3cc(C(=O)NCC4CCCCC4)c(C)n3CC(C)C)cs2)cc1. The molecule has 33 heavy (non-hydrogen) atoms. The second-order valence-corrected chi connectivity index (χ2v) is 10.4. The van der Waals surface area contributed by atoms with E-state index >= 15 is 0 Å². The Bertz CT molecular complexity index is 1080. The van der Waals surface area contributed by atoms with Gasteiger partial charge in [-0.15, -0.1) is 11.3 Å². The van der Waals surface area contributed by atoms with Gasteiger partial charge in [0.1, 0.15) is 10.8 Å². The van der Waals surface area contributed by atoms with Gasteiger partial charge in [-0.2, -0.15) is 0 Å². The predicted molar refractivity (Wildman–Crippen MR) is 136 cm³/mol.